The molecule has 0 amide bonds. The lowest BCUT2D eigenvalue weighted by Crippen LogP contribution is -2.37. The molecule has 0 saturated heterocycles. The van der Waals surface area contributed by atoms with Crippen molar-refractivity contribution in [3.05, 3.63) is 70.5 Å². The standard InChI is InChI=1S/C20H12O6/c21-11-5-1-3-9-16(11)13(23)7-15-18(9)19-10-4-2-6-12(22)17(10)14(24)8-20(19,25)26-15/h1-7,21-22,25H,8H2. The van der Waals surface area contributed by atoms with E-state index in [0.29, 0.717) is 22.3 Å². The van der Waals surface area contributed by atoms with E-state index in [9.17, 15) is 24.9 Å². The maximum Gasteiger partial charge on any atom is 0.243 e. The first-order valence-electron chi connectivity index (χ1n) is 8.01. The van der Waals surface area contributed by atoms with Gasteiger partial charge in [0.2, 0.25) is 5.79 Å². The van der Waals surface area contributed by atoms with E-state index < -0.39 is 17.4 Å². The molecular weight excluding hydrogens is 336 g/mol. The summed E-state index contributed by atoms with van der Waals surface area (Å²) in [7, 11) is 0. The number of Topliss-reactive ketones (excluding diaryl/α,β-unsaturated/α-hetero) is 1. The van der Waals surface area contributed by atoms with Gasteiger partial charge in [-0.05, 0) is 17.7 Å². The molecular formula is C20H12O6. The van der Waals surface area contributed by atoms with Crippen molar-refractivity contribution in [3.8, 4) is 11.5 Å². The number of phenolic OH excluding ortho intramolecular Hbond substituents is 2. The average molecular weight is 348 g/mol. The molecule has 0 fully saturated rings. The van der Waals surface area contributed by atoms with Gasteiger partial charge in [-0.15, -0.1) is 0 Å². The molecule has 2 aromatic rings. The molecule has 128 valence electrons. The van der Waals surface area contributed by atoms with Gasteiger partial charge in [-0.2, -0.15) is 0 Å². The average Bonchev–Trinajstić information content (AvgIpc) is 2.86. The third-order valence-corrected chi connectivity index (χ3v) is 4.98. The molecule has 26 heavy (non-hydrogen) atoms. The van der Waals surface area contributed by atoms with Crippen LogP contribution in [0.1, 0.15) is 38.3 Å². The molecule has 3 N–H and O–H groups in total. The van der Waals surface area contributed by atoms with Gasteiger partial charge in [-0.25, -0.2) is 0 Å². The number of aliphatic hydroxyl groups is 1. The summed E-state index contributed by atoms with van der Waals surface area (Å²) in [5.74, 6) is -3.02. The van der Waals surface area contributed by atoms with Crippen molar-refractivity contribution in [2.24, 2.45) is 0 Å². The number of rotatable bonds is 0. The van der Waals surface area contributed by atoms with Crippen LogP contribution in [0.5, 0.6) is 11.5 Å². The van der Waals surface area contributed by atoms with E-state index in [4.69, 9.17) is 4.74 Å². The quantitative estimate of drug-likeness (QED) is 0.675. The van der Waals surface area contributed by atoms with Crippen LogP contribution in [0, 0.1) is 0 Å². The van der Waals surface area contributed by atoms with Crippen molar-refractivity contribution in [3.63, 3.8) is 0 Å². The highest BCUT2D eigenvalue weighted by molar-refractivity contribution is 6.22. The van der Waals surface area contributed by atoms with E-state index in [1.54, 1.807) is 24.3 Å². The Morgan fingerprint density at radius 1 is 0.923 bits per heavy atom. The van der Waals surface area contributed by atoms with Gasteiger partial charge in [0.1, 0.15) is 17.3 Å². The van der Waals surface area contributed by atoms with Crippen molar-refractivity contribution in [2.45, 2.75) is 12.2 Å². The van der Waals surface area contributed by atoms with Crippen molar-refractivity contribution >= 4 is 22.7 Å². The molecule has 2 aliphatic carbocycles. The van der Waals surface area contributed by atoms with Gasteiger partial charge < -0.3 is 20.1 Å². The molecule has 3 aliphatic rings. The maximum absolute atomic E-state index is 12.5. The molecule has 1 atom stereocenters. The van der Waals surface area contributed by atoms with Gasteiger partial charge in [0.25, 0.3) is 0 Å². The summed E-state index contributed by atoms with van der Waals surface area (Å²) in [5, 5.41) is 31.3. The van der Waals surface area contributed by atoms with Crippen LogP contribution in [0.15, 0.2) is 48.2 Å². The molecule has 0 aromatic heterocycles. The summed E-state index contributed by atoms with van der Waals surface area (Å²) < 4.78 is 5.63. The second kappa shape index (κ2) is 4.62. The number of carbonyl (C=O) groups excluding carboxylic acids is 2. The highest BCUT2D eigenvalue weighted by atomic mass is 16.6. The first-order valence-corrected chi connectivity index (χ1v) is 8.01. The van der Waals surface area contributed by atoms with Crippen molar-refractivity contribution < 1.29 is 29.6 Å². The zero-order valence-electron chi connectivity index (χ0n) is 13.3. The molecule has 1 unspecified atom stereocenters. The fraction of sp³-hybridized carbons (Fsp3) is 0.100. The first kappa shape index (κ1) is 14.9. The Labute approximate surface area is 147 Å². The third kappa shape index (κ3) is 1.69. The second-order valence-corrected chi connectivity index (χ2v) is 6.51. The normalized spacial score (nSPS) is 22.9. The molecule has 6 heteroatoms. The molecule has 0 bridgehead atoms. The topological polar surface area (TPSA) is 104 Å². The Morgan fingerprint density at radius 3 is 2.31 bits per heavy atom. The van der Waals surface area contributed by atoms with E-state index in [2.05, 4.69) is 0 Å². The van der Waals surface area contributed by atoms with E-state index in [1.165, 1.54) is 18.2 Å². The summed E-state index contributed by atoms with van der Waals surface area (Å²) in [6.45, 7) is 0. The maximum atomic E-state index is 12.5. The SMILES string of the molecule is O=C1C=C2OC3(O)CC(=O)c4c(O)cccc4C3=C2c2cccc(O)c21. The number of allylic oxidation sites excluding steroid dienone is 2. The fourth-order valence-corrected chi connectivity index (χ4v) is 3.99. The lowest BCUT2D eigenvalue weighted by Gasteiger charge is -2.30. The van der Waals surface area contributed by atoms with Crippen LogP contribution in [0.2, 0.25) is 0 Å². The molecule has 1 aliphatic heterocycles. The highest BCUT2D eigenvalue weighted by Gasteiger charge is 2.52. The lowest BCUT2D eigenvalue weighted by molar-refractivity contribution is -0.114. The van der Waals surface area contributed by atoms with Gasteiger partial charge in [0.05, 0.1) is 17.5 Å². The van der Waals surface area contributed by atoms with Crippen LogP contribution in [0.4, 0.5) is 0 Å². The number of hydrogen-bond donors (Lipinski definition) is 3. The van der Waals surface area contributed by atoms with Crippen LogP contribution >= 0.6 is 0 Å². The number of aromatic hydroxyl groups is 2. The third-order valence-electron chi connectivity index (χ3n) is 4.98. The van der Waals surface area contributed by atoms with Crippen LogP contribution in [0.25, 0.3) is 11.1 Å². The monoisotopic (exact) mass is 348 g/mol. The molecule has 0 spiro atoms. The minimum absolute atomic E-state index is 0.114. The number of ether oxygens (including phenoxy) is 1. The molecule has 0 radical (unpaired) electrons. The Balaban J connectivity index is 1.93. The van der Waals surface area contributed by atoms with Crippen LogP contribution in [-0.2, 0) is 4.74 Å². The number of hydrogen-bond acceptors (Lipinski definition) is 6. The van der Waals surface area contributed by atoms with E-state index >= 15 is 0 Å². The fourth-order valence-electron chi connectivity index (χ4n) is 3.99. The van der Waals surface area contributed by atoms with Gasteiger partial charge in [-0.1, -0.05) is 24.3 Å². The lowest BCUT2D eigenvalue weighted by atomic mass is 9.77. The first-order chi connectivity index (χ1) is 12.4. The molecule has 0 saturated carbocycles. The Kier molecular flexibility index (Phi) is 2.65. The second-order valence-electron chi connectivity index (χ2n) is 6.51. The minimum Gasteiger partial charge on any atom is -0.507 e. The van der Waals surface area contributed by atoms with Gasteiger partial charge >= 0.3 is 0 Å². The van der Waals surface area contributed by atoms with E-state index in [0.717, 1.165) is 0 Å². The number of carbonyl (C=O) groups is 2. The Hall–Kier alpha value is -3.38. The zero-order chi connectivity index (χ0) is 18.2. The van der Waals surface area contributed by atoms with E-state index in [-0.39, 0.29) is 34.8 Å². The Bertz CT molecular complexity index is 1110. The predicted octanol–water partition coefficient (Wildman–Crippen LogP) is 2.39. The largest absolute Gasteiger partial charge is 0.507 e. The van der Waals surface area contributed by atoms with Crippen molar-refractivity contribution in [1.82, 2.24) is 0 Å². The summed E-state index contributed by atoms with van der Waals surface area (Å²) >= 11 is 0. The van der Waals surface area contributed by atoms with Crippen molar-refractivity contribution in [1.29, 1.82) is 0 Å². The number of phenols is 2. The molecule has 2 aromatic carbocycles. The van der Waals surface area contributed by atoms with E-state index in [1.807, 2.05) is 0 Å². The van der Waals surface area contributed by atoms with Crippen molar-refractivity contribution in [2.75, 3.05) is 0 Å². The highest BCUT2D eigenvalue weighted by Crippen LogP contribution is 2.55. The molecule has 6 nitrogen and oxygen atoms in total. The number of ketones is 2. The molecule has 5 rings (SSSR count). The molecule has 1 heterocycles. The summed E-state index contributed by atoms with van der Waals surface area (Å²) in [5.41, 5.74) is 1.76. The zero-order valence-corrected chi connectivity index (χ0v) is 13.3. The summed E-state index contributed by atoms with van der Waals surface area (Å²) in [6.07, 6.45) is 0.823. The smallest absolute Gasteiger partial charge is 0.243 e. The Morgan fingerprint density at radius 2 is 1.58 bits per heavy atom. The summed E-state index contributed by atoms with van der Waals surface area (Å²) in [4.78, 5) is 24.9. The van der Waals surface area contributed by atoms with Crippen LogP contribution < -0.4 is 0 Å². The van der Waals surface area contributed by atoms with Gasteiger partial charge in [0, 0.05) is 22.8 Å². The van der Waals surface area contributed by atoms with Crippen LogP contribution in [-0.4, -0.2) is 32.7 Å². The van der Waals surface area contributed by atoms with Gasteiger partial charge in [-0.3, -0.25) is 9.59 Å². The number of fused-ring (bicyclic) bond motifs is 6. The minimum atomic E-state index is -1.92. The number of benzene rings is 2. The predicted molar refractivity (Wildman–Crippen MR) is 90.4 cm³/mol. The van der Waals surface area contributed by atoms with Gasteiger partial charge in [0.15, 0.2) is 11.6 Å². The van der Waals surface area contributed by atoms with Crippen LogP contribution in [0.3, 0.4) is 0 Å². The summed E-state index contributed by atoms with van der Waals surface area (Å²) in [6, 6.07) is 9.24.